The van der Waals surface area contributed by atoms with Crippen molar-refractivity contribution in [3.8, 4) is 0 Å². The number of hydrogen-bond donors (Lipinski definition) is 1. The van der Waals surface area contributed by atoms with Gasteiger partial charge in [-0.1, -0.05) is 6.92 Å². The summed E-state index contributed by atoms with van der Waals surface area (Å²) in [5.41, 5.74) is 7.61. The van der Waals surface area contributed by atoms with E-state index in [0.29, 0.717) is 11.5 Å². The standard InChI is InChI=1S/C12H23N3OS/c1-5-10-7-11(15(6-2)14-10)8-17(16)9-12(3,4)13/h7H,5-6,8-9,13H2,1-4H3. The molecule has 0 saturated carbocycles. The van der Waals surface area contributed by atoms with E-state index in [1.165, 1.54) is 0 Å². The zero-order chi connectivity index (χ0) is 13.1. The smallest absolute Gasteiger partial charge is 0.0656 e. The van der Waals surface area contributed by atoms with E-state index >= 15 is 0 Å². The van der Waals surface area contributed by atoms with E-state index in [2.05, 4.69) is 12.0 Å². The largest absolute Gasteiger partial charge is 0.325 e. The fourth-order valence-corrected chi connectivity index (χ4v) is 3.20. The minimum Gasteiger partial charge on any atom is -0.325 e. The first-order valence-electron chi connectivity index (χ1n) is 6.05. The van der Waals surface area contributed by atoms with E-state index in [4.69, 9.17) is 5.73 Å². The van der Waals surface area contributed by atoms with Crippen molar-refractivity contribution in [1.29, 1.82) is 0 Å². The number of aryl methyl sites for hydroxylation is 2. The van der Waals surface area contributed by atoms with Crippen LogP contribution in [0.2, 0.25) is 0 Å². The molecule has 0 saturated heterocycles. The van der Waals surface area contributed by atoms with E-state index in [1.807, 2.05) is 31.5 Å². The molecule has 1 aromatic rings. The first kappa shape index (κ1) is 14.4. The van der Waals surface area contributed by atoms with E-state index in [1.54, 1.807) is 0 Å². The molecule has 1 heterocycles. The van der Waals surface area contributed by atoms with Crippen LogP contribution in [0.25, 0.3) is 0 Å². The van der Waals surface area contributed by atoms with Gasteiger partial charge in [0.05, 0.1) is 17.1 Å². The molecule has 0 spiro atoms. The lowest BCUT2D eigenvalue weighted by atomic mass is 10.1. The topological polar surface area (TPSA) is 60.9 Å². The highest BCUT2D eigenvalue weighted by Crippen LogP contribution is 2.10. The number of rotatable bonds is 6. The van der Waals surface area contributed by atoms with Gasteiger partial charge in [0.2, 0.25) is 0 Å². The molecular formula is C12H23N3OS. The van der Waals surface area contributed by atoms with Gasteiger partial charge in [0.15, 0.2) is 0 Å². The second-order valence-electron chi connectivity index (χ2n) is 5.01. The summed E-state index contributed by atoms with van der Waals surface area (Å²) >= 11 is 0. The lowest BCUT2D eigenvalue weighted by molar-refractivity contribution is 0.575. The molecule has 0 fully saturated rings. The SMILES string of the molecule is CCc1cc(CS(=O)CC(C)(C)N)n(CC)n1. The lowest BCUT2D eigenvalue weighted by Gasteiger charge is -2.17. The molecule has 0 amide bonds. The molecule has 1 unspecified atom stereocenters. The monoisotopic (exact) mass is 257 g/mol. The van der Waals surface area contributed by atoms with Crippen molar-refractivity contribution in [1.82, 2.24) is 9.78 Å². The van der Waals surface area contributed by atoms with Gasteiger partial charge in [-0.2, -0.15) is 5.10 Å². The number of aromatic nitrogens is 2. The van der Waals surface area contributed by atoms with Crippen molar-refractivity contribution in [3.63, 3.8) is 0 Å². The average Bonchev–Trinajstić information content (AvgIpc) is 2.57. The van der Waals surface area contributed by atoms with Gasteiger partial charge in [0.1, 0.15) is 0 Å². The molecule has 5 heteroatoms. The predicted molar refractivity (Wildman–Crippen MR) is 72.3 cm³/mol. The molecule has 0 aliphatic heterocycles. The fraction of sp³-hybridized carbons (Fsp3) is 0.750. The molecule has 1 aromatic heterocycles. The van der Waals surface area contributed by atoms with E-state index in [0.717, 1.165) is 24.4 Å². The predicted octanol–water partition coefficient (Wildman–Crippen LogP) is 1.45. The molecule has 1 rings (SSSR count). The summed E-state index contributed by atoms with van der Waals surface area (Å²) in [6, 6.07) is 2.05. The van der Waals surface area contributed by atoms with Crippen LogP contribution in [0.5, 0.6) is 0 Å². The average molecular weight is 257 g/mol. The van der Waals surface area contributed by atoms with Crippen molar-refractivity contribution in [2.24, 2.45) is 5.73 Å². The summed E-state index contributed by atoms with van der Waals surface area (Å²) in [6.07, 6.45) is 0.912. The highest BCUT2D eigenvalue weighted by atomic mass is 32.2. The van der Waals surface area contributed by atoms with Crippen LogP contribution in [-0.4, -0.2) is 25.3 Å². The van der Waals surface area contributed by atoms with Gasteiger partial charge in [-0.3, -0.25) is 8.89 Å². The quantitative estimate of drug-likeness (QED) is 0.839. The Morgan fingerprint density at radius 2 is 2.12 bits per heavy atom. The normalized spacial score (nSPS) is 13.9. The zero-order valence-electron chi connectivity index (χ0n) is 11.2. The molecule has 0 aliphatic rings. The third kappa shape index (κ3) is 4.60. The molecule has 17 heavy (non-hydrogen) atoms. The highest BCUT2D eigenvalue weighted by Gasteiger charge is 2.17. The third-order valence-corrected chi connectivity index (χ3v) is 4.10. The molecule has 2 N–H and O–H groups in total. The fourth-order valence-electron chi connectivity index (χ4n) is 1.71. The summed E-state index contributed by atoms with van der Waals surface area (Å²) in [7, 11) is -0.927. The van der Waals surface area contributed by atoms with Crippen LogP contribution in [0.1, 0.15) is 39.1 Å². The van der Waals surface area contributed by atoms with Gasteiger partial charge in [-0.25, -0.2) is 0 Å². The maximum atomic E-state index is 12.0. The number of nitrogens with zero attached hydrogens (tertiary/aromatic N) is 2. The summed E-state index contributed by atoms with van der Waals surface area (Å²) in [5, 5.41) is 4.45. The second kappa shape index (κ2) is 5.78. The van der Waals surface area contributed by atoms with E-state index < -0.39 is 10.8 Å². The van der Waals surface area contributed by atoms with Crippen LogP contribution in [0.3, 0.4) is 0 Å². The van der Waals surface area contributed by atoms with Gasteiger partial charge in [0, 0.05) is 28.6 Å². The summed E-state index contributed by atoms with van der Waals surface area (Å²) < 4.78 is 13.9. The van der Waals surface area contributed by atoms with Crippen LogP contribution >= 0.6 is 0 Å². The van der Waals surface area contributed by atoms with Crippen LogP contribution in [0, 0.1) is 0 Å². The Hall–Kier alpha value is -0.680. The van der Waals surface area contributed by atoms with Crippen LogP contribution in [0.4, 0.5) is 0 Å². The van der Waals surface area contributed by atoms with E-state index in [9.17, 15) is 4.21 Å². The van der Waals surface area contributed by atoms with Crippen LogP contribution in [-0.2, 0) is 29.5 Å². The Balaban J connectivity index is 2.73. The van der Waals surface area contributed by atoms with Crippen molar-refractivity contribution in [3.05, 3.63) is 17.5 Å². The molecule has 4 nitrogen and oxygen atoms in total. The van der Waals surface area contributed by atoms with Gasteiger partial charge in [-0.15, -0.1) is 0 Å². The Bertz CT molecular complexity index is 393. The molecule has 0 radical (unpaired) electrons. The highest BCUT2D eigenvalue weighted by molar-refractivity contribution is 7.84. The third-order valence-electron chi connectivity index (χ3n) is 2.42. The molecule has 0 bridgehead atoms. The molecule has 98 valence electrons. The molecule has 1 atom stereocenters. The van der Waals surface area contributed by atoms with Crippen LogP contribution < -0.4 is 5.73 Å². The van der Waals surface area contributed by atoms with E-state index in [-0.39, 0.29) is 5.54 Å². The molecule has 0 aromatic carbocycles. The van der Waals surface area contributed by atoms with Crippen molar-refractivity contribution in [2.45, 2.75) is 52.0 Å². The summed E-state index contributed by atoms with van der Waals surface area (Å²) in [5.74, 6) is 1.06. The Kier molecular flexibility index (Phi) is 4.89. The van der Waals surface area contributed by atoms with Crippen LogP contribution in [0.15, 0.2) is 6.07 Å². The van der Waals surface area contributed by atoms with Gasteiger partial charge < -0.3 is 5.73 Å². The Labute approximate surface area is 106 Å². The first-order valence-corrected chi connectivity index (χ1v) is 7.54. The van der Waals surface area contributed by atoms with Gasteiger partial charge >= 0.3 is 0 Å². The maximum absolute atomic E-state index is 12.0. The van der Waals surface area contributed by atoms with Gasteiger partial charge in [0.25, 0.3) is 0 Å². The number of nitrogens with two attached hydrogens (primary N) is 1. The lowest BCUT2D eigenvalue weighted by Crippen LogP contribution is -2.38. The summed E-state index contributed by atoms with van der Waals surface area (Å²) in [4.78, 5) is 0. The Morgan fingerprint density at radius 1 is 1.47 bits per heavy atom. The zero-order valence-corrected chi connectivity index (χ0v) is 12.0. The van der Waals surface area contributed by atoms with Crippen molar-refractivity contribution >= 4 is 10.8 Å². The maximum Gasteiger partial charge on any atom is 0.0656 e. The van der Waals surface area contributed by atoms with Crippen molar-refractivity contribution < 1.29 is 4.21 Å². The van der Waals surface area contributed by atoms with Crippen molar-refractivity contribution in [2.75, 3.05) is 5.75 Å². The second-order valence-corrected chi connectivity index (χ2v) is 6.47. The minimum absolute atomic E-state index is 0.379. The van der Waals surface area contributed by atoms with Gasteiger partial charge in [-0.05, 0) is 33.3 Å². The molecular weight excluding hydrogens is 234 g/mol. The Morgan fingerprint density at radius 3 is 2.59 bits per heavy atom. The summed E-state index contributed by atoms with van der Waals surface area (Å²) in [6.45, 7) is 8.75. The minimum atomic E-state index is -0.927. The molecule has 0 aliphatic carbocycles. The number of hydrogen-bond acceptors (Lipinski definition) is 3. The first-order chi connectivity index (χ1) is 7.85.